The van der Waals surface area contributed by atoms with Crippen LogP contribution < -0.4 is 0 Å². The number of hydrogen-bond donors (Lipinski definition) is 1. The molecule has 0 aromatic carbocycles. The van der Waals surface area contributed by atoms with Gasteiger partial charge in [0.2, 0.25) is 0 Å². The maximum atomic E-state index is 12.8. The van der Waals surface area contributed by atoms with E-state index in [0.29, 0.717) is 12.2 Å². The van der Waals surface area contributed by atoms with E-state index in [1.54, 1.807) is 11.8 Å². The number of carbonyl (C=O) groups excluding carboxylic acids is 2. The molecule has 0 aromatic rings. The Bertz CT molecular complexity index is 580. The molecule has 0 spiro atoms. The minimum atomic E-state index is -2.26. The summed E-state index contributed by atoms with van der Waals surface area (Å²) in [6.45, 7) is 12.1. The molecule has 0 radical (unpaired) electrons. The number of aliphatic hydroxyl groups is 1. The molecule has 2 rings (SSSR count). The second kappa shape index (κ2) is 6.08. The fourth-order valence-electron chi connectivity index (χ4n) is 3.82. The van der Waals surface area contributed by atoms with Crippen molar-refractivity contribution in [3.05, 3.63) is 12.2 Å². The lowest BCUT2D eigenvalue weighted by molar-refractivity contribution is -0.170. The van der Waals surface area contributed by atoms with Gasteiger partial charge in [0.15, 0.2) is 19.7 Å². The second-order valence-electron chi connectivity index (χ2n) is 8.68. The molecule has 0 aromatic heterocycles. The molecule has 2 aliphatic carbocycles. The van der Waals surface area contributed by atoms with Crippen molar-refractivity contribution in [2.45, 2.75) is 63.5 Å². The van der Waals surface area contributed by atoms with Crippen LogP contribution in [0.2, 0.25) is 18.1 Å². The molecule has 0 saturated heterocycles. The first-order valence-corrected chi connectivity index (χ1v) is 12.8. The highest BCUT2D eigenvalue weighted by Crippen LogP contribution is 2.57. The van der Waals surface area contributed by atoms with Crippen molar-refractivity contribution in [3.63, 3.8) is 0 Å². The molecule has 2 bridgehead atoms. The molecule has 2 aliphatic rings. The van der Waals surface area contributed by atoms with E-state index in [-0.39, 0.29) is 22.5 Å². The van der Waals surface area contributed by atoms with Crippen LogP contribution in [0.3, 0.4) is 0 Å². The molecule has 0 aliphatic heterocycles. The zero-order valence-electron chi connectivity index (χ0n) is 15.8. The molecule has 1 N–H and O–H groups in total. The topological polar surface area (TPSA) is 63.6 Å². The summed E-state index contributed by atoms with van der Waals surface area (Å²) in [5.74, 6) is -0.830. The van der Waals surface area contributed by atoms with Crippen LogP contribution in [0.1, 0.15) is 34.1 Å². The van der Waals surface area contributed by atoms with Crippen molar-refractivity contribution >= 4 is 31.6 Å². The van der Waals surface area contributed by atoms with Crippen LogP contribution >= 0.6 is 11.8 Å². The van der Waals surface area contributed by atoms with Gasteiger partial charge in [-0.05, 0) is 43.8 Å². The summed E-state index contributed by atoms with van der Waals surface area (Å²) in [7, 11) is -2.26. The number of thioether (sulfide) groups is 1. The summed E-state index contributed by atoms with van der Waals surface area (Å²) < 4.78 is 6.76. The Hall–Kier alpha value is -0.433. The van der Waals surface area contributed by atoms with E-state index in [0.717, 1.165) is 0 Å². The highest BCUT2D eigenvalue weighted by atomic mass is 32.2. The van der Waals surface area contributed by atoms with E-state index < -0.39 is 25.4 Å². The van der Waals surface area contributed by atoms with E-state index in [9.17, 15) is 14.7 Å². The molecule has 136 valence electrons. The smallest absolute Gasteiger partial charge is 0.193 e. The Balaban J connectivity index is 2.62. The molecule has 6 heteroatoms. The van der Waals surface area contributed by atoms with Crippen LogP contribution in [-0.2, 0) is 14.0 Å². The van der Waals surface area contributed by atoms with Gasteiger partial charge >= 0.3 is 0 Å². The molecule has 4 atom stereocenters. The van der Waals surface area contributed by atoms with Crippen LogP contribution in [0.5, 0.6) is 0 Å². The van der Waals surface area contributed by atoms with Gasteiger partial charge in [0, 0.05) is 11.7 Å². The molecule has 0 amide bonds. The van der Waals surface area contributed by atoms with Gasteiger partial charge in [0.25, 0.3) is 0 Å². The van der Waals surface area contributed by atoms with Crippen LogP contribution in [0.15, 0.2) is 12.2 Å². The first-order valence-electron chi connectivity index (χ1n) is 8.48. The third kappa shape index (κ3) is 2.66. The fraction of sp³-hybridized carbons (Fsp3) is 0.778. The Kier molecular flexibility index (Phi) is 5.03. The predicted molar refractivity (Wildman–Crippen MR) is 101 cm³/mol. The van der Waals surface area contributed by atoms with Crippen LogP contribution in [0, 0.1) is 11.8 Å². The highest BCUT2D eigenvalue weighted by Gasteiger charge is 2.71. The summed E-state index contributed by atoms with van der Waals surface area (Å²) in [5.41, 5.74) is -2.77. The Morgan fingerprint density at radius 1 is 1.46 bits per heavy atom. The lowest BCUT2D eigenvalue weighted by Gasteiger charge is -2.52. The number of fused-ring (bicyclic) bond motifs is 2. The molecule has 0 heterocycles. The number of ketones is 2. The number of rotatable bonds is 5. The summed E-state index contributed by atoms with van der Waals surface area (Å²) in [6, 6.07) is 0. The van der Waals surface area contributed by atoms with Gasteiger partial charge in [0.05, 0.1) is 5.92 Å². The van der Waals surface area contributed by atoms with Gasteiger partial charge in [-0.2, -0.15) is 11.8 Å². The first kappa shape index (κ1) is 19.9. The van der Waals surface area contributed by atoms with Crippen molar-refractivity contribution in [1.82, 2.24) is 0 Å². The number of carbonyl (C=O) groups is 2. The molecule has 0 unspecified atom stereocenters. The van der Waals surface area contributed by atoms with Crippen molar-refractivity contribution in [3.8, 4) is 0 Å². The van der Waals surface area contributed by atoms with Crippen molar-refractivity contribution in [2.75, 3.05) is 12.0 Å². The third-order valence-electron chi connectivity index (χ3n) is 6.19. The Labute approximate surface area is 150 Å². The average Bonchev–Trinajstić information content (AvgIpc) is 2.56. The van der Waals surface area contributed by atoms with Gasteiger partial charge < -0.3 is 9.53 Å². The van der Waals surface area contributed by atoms with Crippen LogP contribution in [0.25, 0.3) is 0 Å². The van der Waals surface area contributed by atoms with E-state index in [2.05, 4.69) is 33.9 Å². The standard InChI is InChI=1S/C18H30O4SSi/c1-12(19)14-10-13-8-9-15(20)18(14,21)17(13,11-23-5)22-24(6,7)16(2,3)4/h8-9,13-14,21H,10-11H2,1-7H3/t13-,14-,17+,18+/m1/s1. The van der Waals surface area contributed by atoms with Crippen LogP contribution in [-0.4, -0.2) is 48.2 Å². The van der Waals surface area contributed by atoms with Gasteiger partial charge in [-0.15, -0.1) is 0 Å². The summed E-state index contributed by atoms with van der Waals surface area (Å²) in [6.07, 6.45) is 5.72. The minimum Gasteiger partial charge on any atom is -0.406 e. The van der Waals surface area contributed by atoms with Gasteiger partial charge in [-0.25, -0.2) is 0 Å². The molecule has 4 nitrogen and oxygen atoms in total. The van der Waals surface area contributed by atoms with Crippen molar-refractivity contribution in [1.29, 1.82) is 0 Å². The van der Waals surface area contributed by atoms with Crippen LogP contribution in [0.4, 0.5) is 0 Å². The largest absolute Gasteiger partial charge is 0.406 e. The molecule has 24 heavy (non-hydrogen) atoms. The lowest BCUT2D eigenvalue weighted by Crippen LogP contribution is -2.69. The zero-order valence-corrected chi connectivity index (χ0v) is 17.6. The number of hydrogen-bond acceptors (Lipinski definition) is 5. The SMILES string of the molecule is CSC[C@]1(O[Si](C)(C)C(C)(C)C)[C@@H]2C=CC(=O)[C@@]1(O)[C@@H](C(C)=O)C2. The molecule has 1 fully saturated rings. The van der Waals surface area contributed by atoms with E-state index in [1.165, 1.54) is 13.0 Å². The monoisotopic (exact) mass is 370 g/mol. The lowest BCUT2D eigenvalue weighted by atomic mass is 9.72. The van der Waals surface area contributed by atoms with Crippen molar-refractivity contribution in [2.24, 2.45) is 11.8 Å². The van der Waals surface area contributed by atoms with Gasteiger partial charge in [-0.3, -0.25) is 9.59 Å². The average molecular weight is 371 g/mol. The zero-order chi connectivity index (χ0) is 18.6. The fourth-order valence-corrected chi connectivity index (χ4v) is 6.44. The first-order chi connectivity index (χ1) is 10.8. The Morgan fingerprint density at radius 2 is 2.04 bits per heavy atom. The maximum absolute atomic E-state index is 12.8. The normalized spacial score (nSPS) is 36.2. The minimum absolute atomic E-state index is 0.0515. The van der Waals surface area contributed by atoms with Gasteiger partial charge in [-0.1, -0.05) is 26.8 Å². The molecular formula is C18H30O4SSi. The second-order valence-corrected chi connectivity index (χ2v) is 14.3. The van der Waals surface area contributed by atoms with Gasteiger partial charge in [0.1, 0.15) is 11.4 Å². The van der Waals surface area contributed by atoms with E-state index >= 15 is 0 Å². The quantitative estimate of drug-likeness (QED) is 0.753. The third-order valence-corrected chi connectivity index (χ3v) is 11.4. The highest BCUT2D eigenvalue weighted by molar-refractivity contribution is 7.98. The molecular weight excluding hydrogens is 340 g/mol. The molecule has 1 saturated carbocycles. The predicted octanol–water partition coefficient (Wildman–Crippen LogP) is 3.21. The van der Waals surface area contributed by atoms with E-state index in [4.69, 9.17) is 4.43 Å². The summed E-state index contributed by atoms with van der Waals surface area (Å²) in [4.78, 5) is 25.0. The maximum Gasteiger partial charge on any atom is 0.193 e. The Morgan fingerprint density at radius 3 is 2.50 bits per heavy atom. The number of Topliss-reactive ketones (excluding diaryl/α,β-unsaturated/α-hetero) is 1. The summed E-state index contributed by atoms with van der Waals surface area (Å²) in [5, 5.41) is 11.5. The van der Waals surface area contributed by atoms with E-state index in [1.807, 2.05) is 12.3 Å². The van der Waals surface area contributed by atoms with Crippen molar-refractivity contribution < 1.29 is 19.1 Å². The summed E-state index contributed by atoms with van der Waals surface area (Å²) >= 11 is 1.56.